The lowest BCUT2D eigenvalue weighted by molar-refractivity contribution is 0.870. The van der Waals surface area contributed by atoms with Gasteiger partial charge in [0.25, 0.3) is 0 Å². The summed E-state index contributed by atoms with van der Waals surface area (Å²) in [5, 5.41) is 4.49. The molecule has 2 rings (SSSR count). The van der Waals surface area contributed by atoms with E-state index in [-0.39, 0.29) is 24.0 Å². The highest BCUT2D eigenvalue weighted by atomic mass is 127. The number of hydrogen-bond acceptors (Lipinski definition) is 1. The Labute approximate surface area is 134 Å². The number of nitrogens with two attached hydrogens (primary N) is 1. The molecule has 1 aromatic carbocycles. The van der Waals surface area contributed by atoms with Crippen molar-refractivity contribution in [3.63, 3.8) is 0 Å². The molecule has 100 valence electrons. The Hall–Kier alpha value is -0.200. The first-order valence-corrected chi connectivity index (χ1v) is 6.42. The molecule has 6 heteroatoms. The summed E-state index contributed by atoms with van der Waals surface area (Å²) in [4.78, 5) is 4.25. The van der Waals surface area contributed by atoms with Crippen molar-refractivity contribution >= 4 is 53.1 Å². The monoisotopic (exact) mass is 399 g/mol. The topological polar surface area (TPSA) is 50.4 Å². The van der Waals surface area contributed by atoms with Crippen LogP contribution in [-0.4, -0.2) is 18.5 Å². The minimum absolute atomic E-state index is 0. The second-order valence-corrected chi connectivity index (χ2v) is 4.95. The highest BCUT2D eigenvalue weighted by Crippen LogP contribution is 2.24. The summed E-state index contributed by atoms with van der Waals surface area (Å²) in [7, 11) is 0. The fraction of sp³-hybridized carbons (Fsp3) is 0.417. The molecule has 0 radical (unpaired) electrons. The Kier molecular flexibility index (Phi) is 6.52. The van der Waals surface area contributed by atoms with Gasteiger partial charge in [0.2, 0.25) is 0 Å². The molecule has 3 N–H and O–H groups in total. The fourth-order valence-electron chi connectivity index (χ4n) is 1.54. The van der Waals surface area contributed by atoms with Crippen LogP contribution in [0.25, 0.3) is 0 Å². The minimum atomic E-state index is 0. The Morgan fingerprint density at radius 1 is 1.33 bits per heavy atom. The van der Waals surface area contributed by atoms with Crippen molar-refractivity contribution in [2.75, 3.05) is 6.54 Å². The van der Waals surface area contributed by atoms with Gasteiger partial charge in [0, 0.05) is 22.6 Å². The number of nitrogens with one attached hydrogen (secondary N) is 1. The van der Waals surface area contributed by atoms with Crippen molar-refractivity contribution in [3.8, 4) is 0 Å². The number of aliphatic imine (C=N–C) groups is 1. The van der Waals surface area contributed by atoms with Gasteiger partial charge in [-0.25, -0.2) is 0 Å². The molecule has 1 saturated carbocycles. The van der Waals surface area contributed by atoms with E-state index >= 15 is 0 Å². The third-order valence-corrected chi connectivity index (χ3v) is 3.34. The molecule has 0 amide bonds. The summed E-state index contributed by atoms with van der Waals surface area (Å²) >= 11 is 12.1. The van der Waals surface area contributed by atoms with Crippen LogP contribution >= 0.6 is 47.2 Å². The molecular formula is C12H16Cl2IN3. The molecule has 0 heterocycles. The first-order valence-electron chi connectivity index (χ1n) is 5.66. The van der Waals surface area contributed by atoms with Gasteiger partial charge in [0.1, 0.15) is 0 Å². The van der Waals surface area contributed by atoms with Gasteiger partial charge in [-0.2, -0.15) is 0 Å². The molecule has 0 spiro atoms. The minimum Gasteiger partial charge on any atom is -0.370 e. The lowest BCUT2D eigenvalue weighted by atomic mass is 10.1. The van der Waals surface area contributed by atoms with Gasteiger partial charge < -0.3 is 11.1 Å². The molecule has 0 unspecified atom stereocenters. The Morgan fingerprint density at radius 2 is 1.94 bits per heavy atom. The fourth-order valence-corrected chi connectivity index (χ4v) is 2.13. The van der Waals surface area contributed by atoms with Crippen LogP contribution in [0.4, 0.5) is 0 Å². The molecule has 1 aromatic rings. The average molecular weight is 400 g/mol. The van der Waals surface area contributed by atoms with Crippen LogP contribution < -0.4 is 11.1 Å². The number of rotatable bonds is 4. The summed E-state index contributed by atoms with van der Waals surface area (Å²) in [6.45, 7) is 0.592. The maximum Gasteiger partial charge on any atom is 0.188 e. The van der Waals surface area contributed by atoms with Gasteiger partial charge in [-0.05, 0) is 37.0 Å². The summed E-state index contributed by atoms with van der Waals surface area (Å²) < 4.78 is 0. The van der Waals surface area contributed by atoms with E-state index in [4.69, 9.17) is 28.9 Å². The number of hydrogen-bond donors (Lipinski definition) is 2. The summed E-state index contributed by atoms with van der Waals surface area (Å²) in [5.41, 5.74) is 6.66. The summed E-state index contributed by atoms with van der Waals surface area (Å²) in [6.07, 6.45) is 3.07. The van der Waals surface area contributed by atoms with Crippen LogP contribution in [-0.2, 0) is 6.42 Å². The molecule has 1 aliphatic carbocycles. The van der Waals surface area contributed by atoms with E-state index in [1.807, 2.05) is 18.2 Å². The first-order chi connectivity index (χ1) is 8.16. The van der Waals surface area contributed by atoms with Crippen LogP contribution in [0.2, 0.25) is 10.0 Å². The Morgan fingerprint density at radius 3 is 2.50 bits per heavy atom. The second kappa shape index (κ2) is 7.40. The first kappa shape index (κ1) is 15.9. The van der Waals surface area contributed by atoms with E-state index in [9.17, 15) is 0 Å². The molecule has 1 aliphatic rings. The van der Waals surface area contributed by atoms with Gasteiger partial charge in [-0.15, -0.1) is 24.0 Å². The number of nitrogens with zero attached hydrogens (tertiary/aromatic N) is 1. The predicted molar refractivity (Wildman–Crippen MR) is 88.2 cm³/mol. The van der Waals surface area contributed by atoms with Gasteiger partial charge >= 0.3 is 0 Å². The molecule has 0 saturated heterocycles. The van der Waals surface area contributed by atoms with Crippen LogP contribution in [0.1, 0.15) is 18.4 Å². The number of halogens is 3. The maximum atomic E-state index is 6.06. The Balaban J connectivity index is 0.00000162. The third kappa shape index (κ3) is 4.82. The SMILES string of the molecule is I.NC(=NCCc1c(Cl)cccc1Cl)NC1CC1. The predicted octanol–water partition coefficient (Wildman–Crippen LogP) is 3.22. The maximum absolute atomic E-state index is 6.06. The zero-order valence-electron chi connectivity index (χ0n) is 9.83. The Bertz CT molecular complexity index is 413. The van der Waals surface area contributed by atoms with Crippen LogP contribution in [0, 0.1) is 0 Å². The summed E-state index contributed by atoms with van der Waals surface area (Å²) in [5.74, 6) is 0.510. The van der Waals surface area contributed by atoms with Crippen LogP contribution in [0.15, 0.2) is 23.2 Å². The molecule has 0 bridgehead atoms. The highest BCUT2D eigenvalue weighted by molar-refractivity contribution is 14.0. The standard InChI is InChI=1S/C12H15Cl2N3.HI/c13-10-2-1-3-11(14)9(10)6-7-16-12(15)17-8-4-5-8;/h1-3,8H,4-7H2,(H3,15,16,17);1H. The summed E-state index contributed by atoms with van der Waals surface area (Å²) in [6, 6.07) is 6.03. The smallest absolute Gasteiger partial charge is 0.188 e. The average Bonchev–Trinajstić information content (AvgIpc) is 3.06. The third-order valence-electron chi connectivity index (χ3n) is 2.63. The molecule has 0 aliphatic heterocycles. The highest BCUT2D eigenvalue weighted by Gasteiger charge is 2.21. The van der Waals surface area contributed by atoms with E-state index in [2.05, 4.69) is 10.3 Å². The van der Waals surface area contributed by atoms with E-state index in [1.165, 1.54) is 12.8 Å². The van der Waals surface area contributed by atoms with Crippen molar-refractivity contribution < 1.29 is 0 Å². The van der Waals surface area contributed by atoms with Crippen molar-refractivity contribution in [2.45, 2.75) is 25.3 Å². The zero-order chi connectivity index (χ0) is 12.3. The van der Waals surface area contributed by atoms with Crippen molar-refractivity contribution in [1.29, 1.82) is 0 Å². The van der Waals surface area contributed by atoms with E-state index < -0.39 is 0 Å². The van der Waals surface area contributed by atoms with Gasteiger partial charge in [0.15, 0.2) is 5.96 Å². The normalized spacial score (nSPS) is 15.1. The number of benzene rings is 1. The lowest BCUT2D eigenvalue weighted by Gasteiger charge is -2.06. The molecule has 3 nitrogen and oxygen atoms in total. The van der Waals surface area contributed by atoms with Crippen molar-refractivity contribution in [2.24, 2.45) is 10.7 Å². The lowest BCUT2D eigenvalue weighted by Crippen LogP contribution is -2.33. The molecule has 1 fully saturated rings. The van der Waals surface area contributed by atoms with Crippen molar-refractivity contribution in [3.05, 3.63) is 33.8 Å². The zero-order valence-corrected chi connectivity index (χ0v) is 13.7. The molecule has 0 atom stereocenters. The van der Waals surface area contributed by atoms with Gasteiger partial charge in [0.05, 0.1) is 0 Å². The second-order valence-electron chi connectivity index (χ2n) is 4.14. The van der Waals surface area contributed by atoms with E-state index in [1.54, 1.807) is 0 Å². The van der Waals surface area contributed by atoms with Gasteiger partial charge in [-0.3, -0.25) is 4.99 Å². The largest absolute Gasteiger partial charge is 0.370 e. The van der Waals surface area contributed by atoms with Crippen molar-refractivity contribution in [1.82, 2.24) is 5.32 Å². The van der Waals surface area contributed by atoms with Crippen LogP contribution in [0.5, 0.6) is 0 Å². The van der Waals surface area contributed by atoms with E-state index in [0.717, 1.165) is 5.56 Å². The van der Waals surface area contributed by atoms with Crippen LogP contribution in [0.3, 0.4) is 0 Å². The molecule has 0 aromatic heterocycles. The van der Waals surface area contributed by atoms with Gasteiger partial charge in [-0.1, -0.05) is 29.3 Å². The quantitative estimate of drug-likeness (QED) is 0.464. The van der Waals surface area contributed by atoms with E-state index in [0.29, 0.717) is 35.0 Å². The molecular weight excluding hydrogens is 384 g/mol. The molecule has 18 heavy (non-hydrogen) atoms. The number of guanidine groups is 1.